The van der Waals surface area contributed by atoms with Gasteiger partial charge in [-0.2, -0.15) is 0 Å². The van der Waals surface area contributed by atoms with E-state index in [0.29, 0.717) is 0 Å². The molecule has 1 atom stereocenters. The van der Waals surface area contributed by atoms with Crippen LogP contribution in [0.5, 0.6) is 0 Å². The van der Waals surface area contributed by atoms with Crippen LogP contribution in [-0.4, -0.2) is 58.8 Å². The average molecular weight is 250 g/mol. The summed E-state index contributed by atoms with van der Waals surface area (Å²) in [5, 5.41) is 9.23. The normalized spacial score (nSPS) is 18.9. The van der Waals surface area contributed by atoms with Gasteiger partial charge >= 0.3 is 0 Å². The minimum atomic E-state index is -0.177. The second-order valence-corrected chi connectivity index (χ2v) is 4.87. The van der Waals surface area contributed by atoms with Crippen molar-refractivity contribution in [1.82, 2.24) is 14.9 Å². The molecule has 0 bridgehead atoms. The predicted octanol–water partition coefficient (Wildman–Crippen LogP) is 0.760. The third-order valence-corrected chi connectivity index (χ3v) is 3.30. The van der Waals surface area contributed by atoms with E-state index in [4.69, 9.17) is 0 Å². The van der Waals surface area contributed by atoms with Crippen molar-refractivity contribution in [3.05, 3.63) is 18.5 Å². The molecule has 18 heavy (non-hydrogen) atoms. The molecule has 1 aromatic heterocycles. The zero-order valence-electron chi connectivity index (χ0n) is 11.0. The summed E-state index contributed by atoms with van der Waals surface area (Å²) in [5.74, 6) is 0.834. The fraction of sp³-hybridized carbons (Fsp3) is 0.692. The number of nitrogens with zero attached hydrogens (tertiary/aromatic N) is 4. The Morgan fingerprint density at radius 2 is 1.89 bits per heavy atom. The Hall–Kier alpha value is -1.20. The topological polar surface area (TPSA) is 52.5 Å². The summed E-state index contributed by atoms with van der Waals surface area (Å²) in [6, 6.07) is 1.84. The van der Waals surface area contributed by atoms with Gasteiger partial charge in [-0.15, -0.1) is 0 Å². The molecule has 5 heteroatoms. The summed E-state index contributed by atoms with van der Waals surface area (Å²) in [6.07, 6.45) is 5.36. The largest absolute Gasteiger partial charge is 0.393 e. The van der Waals surface area contributed by atoms with Crippen LogP contribution in [0, 0.1) is 0 Å². The Morgan fingerprint density at radius 1 is 1.22 bits per heavy atom. The molecule has 1 unspecified atom stereocenters. The van der Waals surface area contributed by atoms with Gasteiger partial charge < -0.3 is 10.0 Å². The third kappa shape index (κ3) is 3.92. The molecule has 0 amide bonds. The first kappa shape index (κ1) is 13.2. The highest BCUT2D eigenvalue weighted by atomic mass is 16.3. The Morgan fingerprint density at radius 3 is 2.50 bits per heavy atom. The van der Waals surface area contributed by atoms with E-state index in [0.717, 1.165) is 51.5 Å². The molecule has 1 aromatic rings. The van der Waals surface area contributed by atoms with Crippen LogP contribution in [0.4, 0.5) is 5.95 Å². The second kappa shape index (κ2) is 6.66. The Kier molecular flexibility index (Phi) is 4.90. The Labute approximate surface area is 108 Å². The summed E-state index contributed by atoms with van der Waals surface area (Å²) in [5.41, 5.74) is 0. The number of aliphatic hydroxyl groups excluding tert-OH is 1. The fourth-order valence-electron chi connectivity index (χ4n) is 2.24. The van der Waals surface area contributed by atoms with Crippen molar-refractivity contribution >= 4 is 5.95 Å². The smallest absolute Gasteiger partial charge is 0.225 e. The van der Waals surface area contributed by atoms with E-state index in [1.54, 1.807) is 12.4 Å². The highest BCUT2D eigenvalue weighted by molar-refractivity contribution is 5.29. The number of hydrogen-bond donors (Lipinski definition) is 1. The number of hydrogen-bond acceptors (Lipinski definition) is 5. The van der Waals surface area contributed by atoms with Crippen molar-refractivity contribution in [1.29, 1.82) is 0 Å². The van der Waals surface area contributed by atoms with Gasteiger partial charge in [-0.3, -0.25) is 4.90 Å². The van der Waals surface area contributed by atoms with Crippen molar-refractivity contribution in [2.45, 2.75) is 25.9 Å². The summed E-state index contributed by atoms with van der Waals surface area (Å²) in [4.78, 5) is 13.2. The van der Waals surface area contributed by atoms with Gasteiger partial charge in [0.05, 0.1) is 6.10 Å². The van der Waals surface area contributed by atoms with Gasteiger partial charge in [0, 0.05) is 38.6 Å². The Bertz CT molecular complexity index is 336. The summed E-state index contributed by atoms with van der Waals surface area (Å²) >= 11 is 0. The van der Waals surface area contributed by atoms with Crippen LogP contribution in [0.25, 0.3) is 0 Å². The van der Waals surface area contributed by atoms with Crippen LogP contribution in [0.15, 0.2) is 18.5 Å². The van der Waals surface area contributed by atoms with E-state index in [1.807, 2.05) is 13.0 Å². The molecule has 1 aliphatic rings. The SMILES string of the molecule is CC(O)CCCN1CCN(c2ncccn2)CC1. The molecule has 0 spiro atoms. The maximum Gasteiger partial charge on any atom is 0.225 e. The van der Waals surface area contributed by atoms with E-state index in [9.17, 15) is 5.11 Å². The van der Waals surface area contributed by atoms with Crippen LogP contribution < -0.4 is 4.90 Å². The first-order valence-electron chi connectivity index (χ1n) is 6.68. The maximum atomic E-state index is 9.23. The number of aliphatic hydroxyl groups is 1. The Balaban J connectivity index is 1.71. The molecule has 1 fully saturated rings. The third-order valence-electron chi connectivity index (χ3n) is 3.30. The molecular weight excluding hydrogens is 228 g/mol. The molecule has 1 N–H and O–H groups in total. The standard InChI is InChI=1S/C13H22N4O/c1-12(18)4-2-7-16-8-10-17(11-9-16)13-14-5-3-6-15-13/h3,5-6,12,18H,2,4,7-11H2,1H3. The van der Waals surface area contributed by atoms with Crippen molar-refractivity contribution in [2.75, 3.05) is 37.6 Å². The molecule has 100 valence electrons. The van der Waals surface area contributed by atoms with E-state index < -0.39 is 0 Å². The first-order chi connectivity index (χ1) is 8.75. The van der Waals surface area contributed by atoms with Gasteiger partial charge in [-0.25, -0.2) is 9.97 Å². The number of anilines is 1. The monoisotopic (exact) mass is 250 g/mol. The second-order valence-electron chi connectivity index (χ2n) is 4.87. The molecule has 1 aliphatic heterocycles. The van der Waals surface area contributed by atoms with Crippen molar-refractivity contribution in [3.63, 3.8) is 0 Å². The average Bonchev–Trinajstić information content (AvgIpc) is 2.40. The van der Waals surface area contributed by atoms with E-state index in [1.165, 1.54) is 0 Å². The zero-order valence-corrected chi connectivity index (χ0v) is 11.0. The van der Waals surface area contributed by atoms with Crippen LogP contribution in [0.3, 0.4) is 0 Å². The van der Waals surface area contributed by atoms with E-state index >= 15 is 0 Å². The summed E-state index contributed by atoms with van der Waals surface area (Å²) in [6.45, 7) is 7.01. The quantitative estimate of drug-likeness (QED) is 0.836. The highest BCUT2D eigenvalue weighted by Crippen LogP contribution is 2.10. The minimum absolute atomic E-state index is 0.177. The zero-order chi connectivity index (χ0) is 12.8. The van der Waals surface area contributed by atoms with Gasteiger partial charge in [0.2, 0.25) is 5.95 Å². The van der Waals surface area contributed by atoms with Crippen molar-refractivity contribution in [3.8, 4) is 0 Å². The van der Waals surface area contributed by atoms with Crippen LogP contribution in [0.1, 0.15) is 19.8 Å². The van der Waals surface area contributed by atoms with Crippen molar-refractivity contribution in [2.24, 2.45) is 0 Å². The lowest BCUT2D eigenvalue weighted by molar-refractivity contribution is 0.168. The molecule has 2 rings (SSSR count). The van der Waals surface area contributed by atoms with Gasteiger partial charge in [-0.1, -0.05) is 0 Å². The molecule has 0 aromatic carbocycles. The lowest BCUT2D eigenvalue weighted by Crippen LogP contribution is -2.47. The molecule has 0 saturated carbocycles. The first-order valence-corrected chi connectivity index (χ1v) is 6.68. The predicted molar refractivity (Wildman–Crippen MR) is 71.6 cm³/mol. The highest BCUT2D eigenvalue weighted by Gasteiger charge is 2.18. The molecule has 1 saturated heterocycles. The summed E-state index contributed by atoms with van der Waals surface area (Å²) in [7, 11) is 0. The molecular formula is C13H22N4O. The van der Waals surface area contributed by atoms with Crippen LogP contribution >= 0.6 is 0 Å². The lowest BCUT2D eigenvalue weighted by Gasteiger charge is -2.34. The fourth-order valence-corrected chi connectivity index (χ4v) is 2.24. The lowest BCUT2D eigenvalue weighted by atomic mass is 10.2. The van der Waals surface area contributed by atoms with Gasteiger partial charge in [0.15, 0.2) is 0 Å². The number of rotatable bonds is 5. The van der Waals surface area contributed by atoms with Crippen LogP contribution in [0.2, 0.25) is 0 Å². The number of piperazine rings is 1. The molecule has 0 radical (unpaired) electrons. The van der Waals surface area contributed by atoms with Crippen LogP contribution in [-0.2, 0) is 0 Å². The van der Waals surface area contributed by atoms with E-state index in [-0.39, 0.29) is 6.10 Å². The molecule has 2 heterocycles. The van der Waals surface area contributed by atoms with Crippen molar-refractivity contribution < 1.29 is 5.11 Å². The van der Waals surface area contributed by atoms with Gasteiger partial charge in [0.1, 0.15) is 0 Å². The minimum Gasteiger partial charge on any atom is -0.393 e. The number of aromatic nitrogens is 2. The maximum absolute atomic E-state index is 9.23. The van der Waals surface area contributed by atoms with Gasteiger partial charge in [-0.05, 0) is 32.4 Å². The molecule has 5 nitrogen and oxygen atoms in total. The molecule has 0 aliphatic carbocycles. The summed E-state index contributed by atoms with van der Waals surface area (Å²) < 4.78 is 0. The van der Waals surface area contributed by atoms with Gasteiger partial charge in [0.25, 0.3) is 0 Å². The van der Waals surface area contributed by atoms with E-state index in [2.05, 4.69) is 19.8 Å².